The van der Waals surface area contributed by atoms with Crippen LogP contribution in [-0.2, 0) is 0 Å². The lowest BCUT2D eigenvalue weighted by Gasteiger charge is -2.47. The molecule has 114 valence electrons. The lowest BCUT2D eigenvalue weighted by atomic mass is 10.1. The van der Waals surface area contributed by atoms with E-state index in [1.807, 2.05) is 31.2 Å². The maximum atomic E-state index is 12.4. The van der Waals surface area contributed by atoms with Gasteiger partial charge in [0.1, 0.15) is 5.75 Å². The molecule has 1 N–H and O–H groups in total. The van der Waals surface area contributed by atoms with E-state index in [2.05, 4.69) is 15.1 Å². The van der Waals surface area contributed by atoms with Gasteiger partial charge < -0.3 is 10.1 Å². The molecule has 1 unspecified atom stereocenters. The van der Waals surface area contributed by atoms with Crippen LogP contribution in [0.25, 0.3) is 0 Å². The number of carbonyl (C=O) groups is 1. The fourth-order valence-electron chi connectivity index (χ4n) is 3.16. The number of benzene rings is 1. The summed E-state index contributed by atoms with van der Waals surface area (Å²) in [6, 6.07) is 7.86. The summed E-state index contributed by atoms with van der Waals surface area (Å²) in [5, 5.41) is 3.07. The maximum absolute atomic E-state index is 12.4. The summed E-state index contributed by atoms with van der Waals surface area (Å²) in [6.45, 7) is 8.83. The molecular weight excluding hydrogens is 266 g/mol. The van der Waals surface area contributed by atoms with Gasteiger partial charge in [-0.05, 0) is 19.1 Å². The van der Waals surface area contributed by atoms with Crippen molar-refractivity contribution in [3.05, 3.63) is 29.8 Å². The number of carbonyl (C=O) groups excluding carboxylic acids is 1. The van der Waals surface area contributed by atoms with Gasteiger partial charge >= 0.3 is 0 Å². The van der Waals surface area contributed by atoms with E-state index in [0.717, 1.165) is 32.7 Å². The Morgan fingerprint density at radius 3 is 2.71 bits per heavy atom. The van der Waals surface area contributed by atoms with Crippen molar-refractivity contribution in [2.24, 2.45) is 0 Å². The largest absolute Gasteiger partial charge is 0.493 e. The number of hydrogen-bond acceptors (Lipinski definition) is 4. The van der Waals surface area contributed by atoms with Crippen molar-refractivity contribution in [1.29, 1.82) is 0 Å². The number of hydrogen-bond donors (Lipinski definition) is 1. The van der Waals surface area contributed by atoms with Crippen LogP contribution in [0.15, 0.2) is 24.3 Å². The average Bonchev–Trinajstić information content (AvgIpc) is 2.54. The fraction of sp³-hybridized carbons (Fsp3) is 0.562. The fourth-order valence-corrected chi connectivity index (χ4v) is 3.16. The van der Waals surface area contributed by atoms with E-state index in [-0.39, 0.29) is 5.91 Å². The highest BCUT2D eigenvalue weighted by atomic mass is 16.5. The van der Waals surface area contributed by atoms with Gasteiger partial charge in [0.25, 0.3) is 5.91 Å². The van der Waals surface area contributed by atoms with Crippen LogP contribution in [0.2, 0.25) is 0 Å². The van der Waals surface area contributed by atoms with Gasteiger partial charge in [-0.25, -0.2) is 0 Å². The number of rotatable bonds is 5. The van der Waals surface area contributed by atoms with E-state index < -0.39 is 0 Å². The first-order valence-corrected chi connectivity index (χ1v) is 7.74. The van der Waals surface area contributed by atoms with Crippen LogP contribution >= 0.6 is 0 Å². The number of amides is 1. The van der Waals surface area contributed by atoms with Gasteiger partial charge in [0, 0.05) is 45.3 Å². The molecule has 1 aromatic carbocycles. The van der Waals surface area contributed by atoms with Crippen LogP contribution in [-0.4, -0.2) is 67.6 Å². The minimum Gasteiger partial charge on any atom is -0.493 e. The van der Waals surface area contributed by atoms with Gasteiger partial charge in [-0.1, -0.05) is 12.1 Å². The summed E-state index contributed by atoms with van der Waals surface area (Å²) in [7, 11) is 0. The molecule has 3 saturated heterocycles. The molecule has 0 radical (unpaired) electrons. The minimum atomic E-state index is -0.0447. The normalized spacial score (nSPS) is 27.4. The number of piperazine rings is 3. The van der Waals surface area contributed by atoms with E-state index >= 15 is 0 Å². The summed E-state index contributed by atoms with van der Waals surface area (Å²) in [4.78, 5) is 17.3. The third-order valence-corrected chi connectivity index (χ3v) is 4.32. The lowest BCUT2D eigenvalue weighted by Crippen LogP contribution is -2.63. The molecule has 0 spiro atoms. The van der Waals surface area contributed by atoms with Crippen LogP contribution in [0.3, 0.4) is 0 Å². The van der Waals surface area contributed by atoms with E-state index in [1.54, 1.807) is 0 Å². The van der Waals surface area contributed by atoms with Gasteiger partial charge in [-0.15, -0.1) is 0 Å². The summed E-state index contributed by atoms with van der Waals surface area (Å²) < 4.78 is 5.52. The molecule has 0 aromatic heterocycles. The Hall–Kier alpha value is -1.59. The molecule has 5 heteroatoms. The second kappa shape index (κ2) is 6.45. The third kappa shape index (κ3) is 3.19. The molecule has 3 aliphatic rings. The number of ether oxygens (including phenoxy) is 1. The van der Waals surface area contributed by atoms with Crippen molar-refractivity contribution in [2.75, 3.05) is 45.9 Å². The zero-order valence-corrected chi connectivity index (χ0v) is 12.5. The first-order valence-electron chi connectivity index (χ1n) is 7.74. The zero-order valence-electron chi connectivity index (χ0n) is 12.5. The Balaban J connectivity index is 1.59. The summed E-state index contributed by atoms with van der Waals surface area (Å²) in [5.41, 5.74) is 0.621. The van der Waals surface area contributed by atoms with E-state index in [9.17, 15) is 4.79 Å². The monoisotopic (exact) mass is 289 g/mol. The molecule has 1 atom stereocenters. The van der Waals surface area contributed by atoms with Crippen LogP contribution < -0.4 is 10.1 Å². The highest BCUT2D eigenvalue weighted by Gasteiger charge is 2.31. The topological polar surface area (TPSA) is 44.8 Å². The summed E-state index contributed by atoms with van der Waals surface area (Å²) in [5.74, 6) is 0.614. The minimum absolute atomic E-state index is 0.0447. The Bertz CT molecular complexity index is 498. The molecule has 21 heavy (non-hydrogen) atoms. The number of fused-ring (bicyclic) bond motifs is 3. The second-order valence-electron chi connectivity index (χ2n) is 5.63. The van der Waals surface area contributed by atoms with Crippen LogP contribution in [0.4, 0.5) is 0 Å². The predicted octanol–water partition coefficient (Wildman–Crippen LogP) is 0.815. The predicted molar refractivity (Wildman–Crippen MR) is 81.7 cm³/mol. The molecule has 0 aliphatic carbocycles. The average molecular weight is 289 g/mol. The molecule has 3 fully saturated rings. The standard InChI is InChI=1S/C16H23N3O2/c1-2-21-15-6-4-3-5-14(15)16(20)17-11-13-12-18-7-9-19(13)10-8-18/h3-6,13H,2,7-12H2,1H3,(H,17,20). The van der Waals surface area contributed by atoms with Crippen molar-refractivity contribution in [2.45, 2.75) is 13.0 Å². The Labute approximate surface area is 125 Å². The van der Waals surface area contributed by atoms with Gasteiger partial charge in [0.15, 0.2) is 0 Å². The first-order chi connectivity index (χ1) is 10.3. The van der Waals surface area contributed by atoms with E-state index in [1.165, 1.54) is 0 Å². The highest BCUT2D eigenvalue weighted by molar-refractivity contribution is 5.96. The molecule has 3 aliphatic heterocycles. The van der Waals surface area contributed by atoms with Gasteiger partial charge in [0.05, 0.1) is 12.2 Å². The van der Waals surface area contributed by atoms with Gasteiger partial charge in [-0.3, -0.25) is 14.6 Å². The van der Waals surface area contributed by atoms with Crippen molar-refractivity contribution in [3.63, 3.8) is 0 Å². The molecule has 0 saturated carbocycles. The van der Waals surface area contributed by atoms with Crippen LogP contribution in [0, 0.1) is 0 Å². The number of para-hydroxylation sites is 1. The Morgan fingerprint density at radius 1 is 1.29 bits per heavy atom. The van der Waals surface area contributed by atoms with E-state index in [0.29, 0.717) is 30.5 Å². The van der Waals surface area contributed by atoms with Gasteiger partial charge in [0.2, 0.25) is 0 Å². The van der Waals surface area contributed by atoms with Crippen LogP contribution in [0.1, 0.15) is 17.3 Å². The quantitative estimate of drug-likeness (QED) is 0.871. The smallest absolute Gasteiger partial charge is 0.255 e. The highest BCUT2D eigenvalue weighted by Crippen LogP contribution is 2.18. The van der Waals surface area contributed by atoms with Crippen LogP contribution in [0.5, 0.6) is 5.75 Å². The maximum Gasteiger partial charge on any atom is 0.255 e. The van der Waals surface area contributed by atoms with Crippen molar-refractivity contribution in [1.82, 2.24) is 15.1 Å². The summed E-state index contributed by atoms with van der Waals surface area (Å²) in [6.07, 6.45) is 0. The third-order valence-electron chi connectivity index (χ3n) is 4.32. The molecule has 4 rings (SSSR count). The van der Waals surface area contributed by atoms with Crippen molar-refractivity contribution < 1.29 is 9.53 Å². The zero-order chi connectivity index (χ0) is 14.7. The van der Waals surface area contributed by atoms with Crippen molar-refractivity contribution >= 4 is 5.91 Å². The second-order valence-corrected chi connectivity index (χ2v) is 5.63. The Morgan fingerprint density at radius 2 is 2.05 bits per heavy atom. The Kier molecular flexibility index (Phi) is 4.41. The molecule has 1 amide bonds. The summed E-state index contributed by atoms with van der Waals surface area (Å²) >= 11 is 0. The molecule has 2 bridgehead atoms. The van der Waals surface area contributed by atoms with Crippen molar-refractivity contribution in [3.8, 4) is 5.75 Å². The number of nitrogens with one attached hydrogen (secondary N) is 1. The molecule has 3 heterocycles. The lowest BCUT2D eigenvalue weighted by molar-refractivity contribution is 0.0138. The van der Waals surface area contributed by atoms with E-state index in [4.69, 9.17) is 4.74 Å². The van der Waals surface area contributed by atoms with Gasteiger partial charge in [-0.2, -0.15) is 0 Å². The first kappa shape index (κ1) is 14.4. The molecule has 5 nitrogen and oxygen atoms in total. The number of nitrogens with zero attached hydrogens (tertiary/aromatic N) is 2. The molecular formula is C16H23N3O2. The SMILES string of the molecule is CCOc1ccccc1C(=O)NCC1CN2CCN1CC2. The molecule has 1 aromatic rings.